The molecule has 0 aliphatic rings. The Bertz CT molecular complexity index is 865. The number of ether oxygens (including phenoxy) is 2. The van der Waals surface area contributed by atoms with Gasteiger partial charge < -0.3 is 14.0 Å². The summed E-state index contributed by atoms with van der Waals surface area (Å²) in [6, 6.07) is 15.5. The largest absolute Gasteiger partial charge is 0.493 e. The molecular formula is C20H19NO3. The van der Waals surface area contributed by atoms with Gasteiger partial charge in [-0.25, -0.2) is 0 Å². The number of benzene rings is 2. The molecular weight excluding hydrogens is 302 g/mol. The fourth-order valence-electron chi connectivity index (χ4n) is 2.78. The van der Waals surface area contributed by atoms with Crippen molar-refractivity contribution < 1.29 is 14.3 Å². The average molecular weight is 321 g/mol. The SMILES string of the molecule is C=CCn1c(C=O)cc2c(OCc3ccccc3)c(OC)ccc21. The lowest BCUT2D eigenvalue weighted by atomic mass is 10.2. The second kappa shape index (κ2) is 7.04. The van der Waals surface area contributed by atoms with Crippen molar-refractivity contribution in [2.45, 2.75) is 13.2 Å². The summed E-state index contributed by atoms with van der Waals surface area (Å²) < 4.78 is 13.4. The molecule has 3 aromatic rings. The van der Waals surface area contributed by atoms with Crippen LogP contribution in [0.3, 0.4) is 0 Å². The molecule has 0 amide bonds. The van der Waals surface area contributed by atoms with Crippen LogP contribution in [0.1, 0.15) is 16.1 Å². The molecule has 2 aromatic carbocycles. The van der Waals surface area contributed by atoms with Gasteiger partial charge in [0.2, 0.25) is 0 Å². The van der Waals surface area contributed by atoms with Crippen LogP contribution < -0.4 is 9.47 Å². The van der Waals surface area contributed by atoms with Crippen molar-refractivity contribution in [3.8, 4) is 11.5 Å². The van der Waals surface area contributed by atoms with Crippen LogP contribution in [0.25, 0.3) is 10.9 Å². The molecule has 1 heterocycles. The van der Waals surface area contributed by atoms with Crippen molar-refractivity contribution in [3.63, 3.8) is 0 Å². The lowest BCUT2D eigenvalue weighted by Gasteiger charge is -2.13. The van der Waals surface area contributed by atoms with Crippen molar-refractivity contribution in [1.29, 1.82) is 0 Å². The van der Waals surface area contributed by atoms with Crippen molar-refractivity contribution in [2.24, 2.45) is 0 Å². The number of fused-ring (bicyclic) bond motifs is 1. The molecule has 3 rings (SSSR count). The Morgan fingerprint density at radius 1 is 1.17 bits per heavy atom. The molecule has 0 N–H and O–H groups in total. The van der Waals surface area contributed by atoms with Crippen molar-refractivity contribution in [1.82, 2.24) is 4.57 Å². The molecule has 0 saturated heterocycles. The molecule has 0 bridgehead atoms. The van der Waals surface area contributed by atoms with Gasteiger partial charge in [-0.3, -0.25) is 4.79 Å². The predicted octanol–water partition coefficient (Wildman–Crippen LogP) is 4.23. The Morgan fingerprint density at radius 2 is 1.96 bits per heavy atom. The minimum atomic E-state index is 0.430. The minimum Gasteiger partial charge on any atom is -0.493 e. The first-order valence-corrected chi connectivity index (χ1v) is 7.71. The highest BCUT2D eigenvalue weighted by Crippen LogP contribution is 2.37. The van der Waals surface area contributed by atoms with Gasteiger partial charge in [-0.2, -0.15) is 0 Å². The third kappa shape index (κ3) is 2.91. The van der Waals surface area contributed by atoms with Crippen LogP contribution in [0, 0.1) is 0 Å². The summed E-state index contributed by atoms with van der Waals surface area (Å²) >= 11 is 0. The monoisotopic (exact) mass is 321 g/mol. The van der Waals surface area contributed by atoms with Gasteiger partial charge in [0, 0.05) is 11.9 Å². The minimum absolute atomic E-state index is 0.430. The number of carbonyl (C=O) groups is 1. The van der Waals surface area contributed by atoms with E-state index in [2.05, 4.69) is 6.58 Å². The second-order valence-corrected chi connectivity index (χ2v) is 5.39. The molecule has 0 atom stereocenters. The van der Waals surface area contributed by atoms with E-state index in [1.54, 1.807) is 13.2 Å². The molecule has 122 valence electrons. The van der Waals surface area contributed by atoms with Crippen LogP contribution >= 0.6 is 0 Å². The zero-order valence-corrected chi connectivity index (χ0v) is 13.6. The summed E-state index contributed by atoms with van der Waals surface area (Å²) in [7, 11) is 1.61. The third-order valence-corrected chi connectivity index (χ3v) is 3.91. The zero-order valence-electron chi connectivity index (χ0n) is 13.6. The number of allylic oxidation sites excluding steroid dienone is 1. The van der Waals surface area contributed by atoms with Crippen LogP contribution in [0.15, 0.2) is 61.2 Å². The molecule has 0 aliphatic heterocycles. The maximum absolute atomic E-state index is 11.4. The van der Waals surface area contributed by atoms with Crippen LogP contribution in [-0.2, 0) is 13.2 Å². The topological polar surface area (TPSA) is 40.5 Å². The van der Waals surface area contributed by atoms with E-state index in [-0.39, 0.29) is 0 Å². The number of methoxy groups -OCH3 is 1. The molecule has 0 spiro atoms. The molecule has 4 heteroatoms. The summed E-state index contributed by atoms with van der Waals surface area (Å²) in [5.74, 6) is 1.29. The lowest BCUT2D eigenvalue weighted by Crippen LogP contribution is -2.00. The standard InChI is InChI=1S/C20H19NO3/c1-3-11-21-16(13-22)12-17-18(21)9-10-19(23-2)20(17)24-14-15-7-5-4-6-8-15/h3-10,12-13H,1,11,14H2,2H3. The number of carbonyl (C=O) groups excluding carboxylic acids is 1. The van der Waals surface area contributed by atoms with Crippen molar-refractivity contribution in [3.05, 3.63) is 72.4 Å². The molecule has 0 saturated carbocycles. The zero-order chi connectivity index (χ0) is 16.9. The van der Waals surface area contributed by atoms with E-state index >= 15 is 0 Å². The van der Waals surface area contributed by atoms with Gasteiger partial charge in [-0.05, 0) is 23.8 Å². The number of hydrogen-bond donors (Lipinski definition) is 0. The fourth-order valence-corrected chi connectivity index (χ4v) is 2.78. The summed E-state index contributed by atoms with van der Waals surface area (Å²) in [5.41, 5.74) is 2.57. The van der Waals surface area contributed by atoms with Gasteiger partial charge in [0.1, 0.15) is 6.61 Å². The van der Waals surface area contributed by atoms with Gasteiger partial charge in [-0.1, -0.05) is 36.4 Å². The Morgan fingerprint density at radius 3 is 2.62 bits per heavy atom. The third-order valence-electron chi connectivity index (χ3n) is 3.91. The molecule has 0 aliphatic carbocycles. The normalized spacial score (nSPS) is 10.5. The Hall–Kier alpha value is -3.01. The first kappa shape index (κ1) is 15.9. The van der Waals surface area contributed by atoms with Crippen molar-refractivity contribution >= 4 is 17.2 Å². The summed E-state index contributed by atoms with van der Waals surface area (Å²) in [5, 5.41) is 0.856. The summed E-state index contributed by atoms with van der Waals surface area (Å²) in [4.78, 5) is 11.4. The number of nitrogens with zero attached hydrogens (tertiary/aromatic N) is 1. The van der Waals surface area contributed by atoms with Gasteiger partial charge in [0.15, 0.2) is 17.8 Å². The van der Waals surface area contributed by atoms with Gasteiger partial charge >= 0.3 is 0 Å². The van der Waals surface area contributed by atoms with E-state index in [4.69, 9.17) is 9.47 Å². The number of aromatic nitrogens is 1. The number of hydrogen-bond acceptors (Lipinski definition) is 3. The first-order chi connectivity index (χ1) is 11.8. The van der Waals surface area contributed by atoms with E-state index in [1.807, 2.05) is 53.1 Å². The Balaban J connectivity index is 2.06. The molecule has 1 aromatic heterocycles. The highest BCUT2D eigenvalue weighted by Gasteiger charge is 2.16. The Kier molecular flexibility index (Phi) is 4.66. The predicted molar refractivity (Wildman–Crippen MR) is 94.8 cm³/mol. The Labute approximate surface area is 140 Å². The van der Waals surface area contributed by atoms with Gasteiger partial charge in [0.25, 0.3) is 0 Å². The number of aldehydes is 1. The molecule has 0 fully saturated rings. The quantitative estimate of drug-likeness (QED) is 0.483. The van der Waals surface area contributed by atoms with E-state index in [0.29, 0.717) is 30.3 Å². The summed E-state index contributed by atoms with van der Waals surface area (Å²) in [6.45, 7) is 4.74. The van der Waals surface area contributed by atoms with E-state index in [1.165, 1.54) is 0 Å². The number of rotatable bonds is 7. The van der Waals surface area contributed by atoms with Crippen LogP contribution in [0.5, 0.6) is 11.5 Å². The second-order valence-electron chi connectivity index (χ2n) is 5.39. The van der Waals surface area contributed by atoms with Crippen molar-refractivity contribution in [2.75, 3.05) is 7.11 Å². The van der Waals surface area contributed by atoms with Crippen LogP contribution in [0.2, 0.25) is 0 Å². The molecule has 0 radical (unpaired) electrons. The molecule has 24 heavy (non-hydrogen) atoms. The lowest BCUT2D eigenvalue weighted by molar-refractivity contribution is 0.111. The molecule has 0 unspecified atom stereocenters. The van der Waals surface area contributed by atoms with E-state index in [9.17, 15) is 4.79 Å². The highest BCUT2D eigenvalue weighted by atomic mass is 16.5. The van der Waals surface area contributed by atoms with Gasteiger partial charge in [0.05, 0.1) is 18.3 Å². The van der Waals surface area contributed by atoms with Crippen LogP contribution in [-0.4, -0.2) is 18.0 Å². The van der Waals surface area contributed by atoms with Crippen LogP contribution in [0.4, 0.5) is 0 Å². The maximum Gasteiger partial charge on any atom is 0.171 e. The smallest absolute Gasteiger partial charge is 0.171 e. The van der Waals surface area contributed by atoms with Gasteiger partial charge in [-0.15, -0.1) is 6.58 Å². The fraction of sp³-hybridized carbons (Fsp3) is 0.150. The van der Waals surface area contributed by atoms with E-state index < -0.39 is 0 Å². The highest BCUT2D eigenvalue weighted by molar-refractivity contribution is 5.94. The average Bonchev–Trinajstić information content (AvgIpc) is 2.99. The molecule has 4 nitrogen and oxygen atoms in total. The summed E-state index contributed by atoms with van der Waals surface area (Å²) in [6.07, 6.45) is 2.61. The maximum atomic E-state index is 11.4. The van der Waals surface area contributed by atoms with E-state index in [0.717, 1.165) is 22.8 Å². The first-order valence-electron chi connectivity index (χ1n) is 7.71.